The highest BCUT2D eigenvalue weighted by Crippen LogP contribution is 2.15. The number of carbonyl (C=O) groups excluding carboxylic acids is 1. The molecule has 0 aliphatic carbocycles. The third-order valence-corrected chi connectivity index (χ3v) is 3.96. The molecule has 0 unspecified atom stereocenters. The molecule has 2 aromatic rings. The zero-order valence-electron chi connectivity index (χ0n) is 13.4. The Bertz CT molecular complexity index is 629. The maximum absolute atomic E-state index is 12.3. The molecule has 24 heavy (non-hydrogen) atoms. The van der Waals surface area contributed by atoms with Crippen molar-refractivity contribution in [3.05, 3.63) is 36.8 Å². The van der Waals surface area contributed by atoms with E-state index in [1.807, 2.05) is 17.0 Å². The van der Waals surface area contributed by atoms with Crippen LogP contribution in [0.2, 0.25) is 0 Å². The molecule has 1 fully saturated rings. The Balaban J connectivity index is 1.37. The standard InChI is InChI=1S/C16H21N7O/c24-15(4-10-19-16-17-7-2-8-18-16)23-11-5-13(6-12-23)21-14-3-1-9-20-22-14/h1-3,7-9,13H,4-6,10-12H2,(H,21,22)(H,17,18,19). The van der Waals surface area contributed by atoms with Gasteiger partial charge in [-0.3, -0.25) is 4.79 Å². The molecule has 0 aromatic carbocycles. The first kappa shape index (κ1) is 16.1. The number of carbonyl (C=O) groups is 1. The first-order valence-corrected chi connectivity index (χ1v) is 8.14. The van der Waals surface area contributed by atoms with Crippen LogP contribution in [-0.4, -0.2) is 56.6 Å². The normalized spacial score (nSPS) is 15.1. The second kappa shape index (κ2) is 8.19. The summed E-state index contributed by atoms with van der Waals surface area (Å²) in [6, 6.07) is 5.86. The summed E-state index contributed by atoms with van der Waals surface area (Å²) in [5.74, 6) is 1.50. The number of likely N-dealkylation sites (tertiary alicyclic amines) is 1. The van der Waals surface area contributed by atoms with Crippen molar-refractivity contribution >= 4 is 17.7 Å². The van der Waals surface area contributed by atoms with Gasteiger partial charge in [0.25, 0.3) is 0 Å². The van der Waals surface area contributed by atoms with Crippen LogP contribution in [0.15, 0.2) is 36.8 Å². The van der Waals surface area contributed by atoms with Crippen molar-refractivity contribution in [1.82, 2.24) is 25.1 Å². The van der Waals surface area contributed by atoms with Crippen LogP contribution in [0.25, 0.3) is 0 Å². The topological polar surface area (TPSA) is 95.9 Å². The maximum Gasteiger partial charge on any atom is 0.224 e. The lowest BCUT2D eigenvalue weighted by Crippen LogP contribution is -2.42. The third-order valence-electron chi connectivity index (χ3n) is 3.96. The molecule has 126 valence electrons. The van der Waals surface area contributed by atoms with Gasteiger partial charge in [0.15, 0.2) is 0 Å². The summed E-state index contributed by atoms with van der Waals surface area (Å²) in [5.41, 5.74) is 0. The number of nitrogens with zero attached hydrogens (tertiary/aromatic N) is 5. The Hall–Kier alpha value is -2.77. The van der Waals surface area contributed by atoms with Crippen molar-refractivity contribution < 1.29 is 4.79 Å². The van der Waals surface area contributed by atoms with Gasteiger partial charge in [0.05, 0.1) is 0 Å². The van der Waals surface area contributed by atoms with Crippen LogP contribution >= 0.6 is 0 Å². The van der Waals surface area contributed by atoms with Gasteiger partial charge in [-0.25, -0.2) is 9.97 Å². The molecule has 1 amide bonds. The summed E-state index contributed by atoms with van der Waals surface area (Å²) in [4.78, 5) is 22.3. The maximum atomic E-state index is 12.3. The van der Waals surface area contributed by atoms with Gasteiger partial charge in [0.1, 0.15) is 5.82 Å². The zero-order chi connectivity index (χ0) is 16.6. The Labute approximate surface area is 140 Å². The minimum absolute atomic E-state index is 0.163. The average molecular weight is 327 g/mol. The first-order chi connectivity index (χ1) is 11.8. The predicted molar refractivity (Wildman–Crippen MR) is 90.4 cm³/mol. The highest BCUT2D eigenvalue weighted by atomic mass is 16.2. The van der Waals surface area contributed by atoms with E-state index in [9.17, 15) is 4.79 Å². The quantitative estimate of drug-likeness (QED) is 0.822. The molecule has 2 aromatic heterocycles. The highest BCUT2D eigenvalue weighted by Gasteiger charge is 2.22. The van der Waals surface area contributed by atoms with Crippen LogP contribution < -0.4 is 10.6 Å². The summed E-state index contributed by atoms with van der Waals surface area (Å²) in [5, 5.41) is 14.3. The monoisotopic (exact) mass is 327 g/mol. The van der Waals surface area contributed by atoms with Gasteiger partial charge in [-0.05, 0) is 31.0 Å². The number of piperidine rings is 1. The molecule has 0 atom stereocenters. The molecular weight excluding hydrogens is 306 g/mol. The van der Waals surface area contributed by atoms with E-state index in [4.69, 9.17) is 0 Å². The number of hydrogen-bond acceptors (Lipinski definition) is 7. The molecule has 0 bridgehead atoms. The molecule has 8 nitrogen and oxygen atoms in total. The number of nitrogens with one attached hydrogen (secondary N) is 2. The van der Waals surface area contributed by atoms with E-state index in [-0.39, 0.29) is 5.91 Å². The van der Waals surface area contributed by atoms with Crippen molar-refractivity contribution in [2.75, 3.05) is 30.3 Å². The highest BCUT2D eigenvalue weighted by molar-refractivity contribution is 5.76. The summed E-state index contributed by atoms with van der Waals surface area (Å²) >= 11 is 0. The van der Waals surface area contributed by atoms with E-state index in [0.29, 0.717) is 25.0 Å². The van der Waals surface area contributed by atoms with Crippen LogP contribution in [0.5, 0.6) is 0 Å². The van der Waals surface area contributed by atoms with Gasteiger partial charge in [-0.2, -0.15) is 5.10 Å². The minimum Gasteiger partial charge on any atom is -0.366 e. The van der Waals surface area contributed by atoms with Gasteiger partial charge >= 0.3 is 0 Å². The Kier molecular flexibility index (Phi) is 5.49. The molecule has 3 heterocycles. The number of rotatable bonds is 6. The Morgan fingerprint density at radius 2 is 1.96 bits per heavy atom. The molecule has 3 rings (SSSR count). The smallest absolute Gasteiger partial charge is 0.224 e. The fraction of sp³-hybridized carbons (Fsp3) is 0.438. The number of hydrogen-bond donors (Lipinski definition) is 2. The molecular formula is C16H21N7O. The van der Waals surface area contributed by atoms with Crippen LogP contribution in [0.3, 0.4) is 0 Å². The largest absolute Gasteiger partial charge is 0.366 e. The molecule has 0 spiro atoms. The third kappa shape index (κ3) is 4.61. The average Bonchev–Trinajstić information content (AvgIpc) is 2.64. The van der Waals surface area contributed by atoms with Gasteiger partial charge in [-0.1, -0.05) is 0 Å². The van der Waals surface area contributed by atoms with Crippen molar-refractivity contribution in [2.24, 2.45) is 0 Å². The van der Waals surface area contributed by atoms with E-state index in [0.717, 1.165) is 31.7 Å². The second-order valence-corrected chi connectivity index (χ2v) is 5.66. The molecule has 8 heteroatoms. The van der Waals surface area contributed by atoms with Crippen molar-refractivity contribution in [2.45, 2.75) is 25.3 Å². The zero-order valence-corrected chi connectivity index (χ0v) is 13.4. The minimum atomic E-state index is 0.163. The number of anilines is 2. The summed E-state index contributed by atoms with van der Waals surface area (Å²) in [6.45, 7) is 2.07. The van der Waals surface area contributed by atoms with Gasteiger partial charge < -0.3 is 15.5 Å². The lowest BCUT2D eigenvalue weighted by Gasteiger charge is -2.32. The summed E-state index contributed by atoms with van der Waals surface area (Å²) < 4.78 is 0. The molecule has 1 aliphatic rings. The van der Waals surface area contributed by atoms with Crippen LogP contribution in [0.4, 0.5) is 11.8 Å². The van der Waals surface area contributed by atoms with E-state index in [1.165, 1.54) is 0 Å². The second-order valence-electron chi connectivity index (χ2n) is 5.66. The fourth-order valence-corrected chi connectivity index (χ4v) is 2.69. The number of amides is 1. The molecule has 0 radical (unpaired) electrons. The lowest BCUT2D eigenvalue weighted by molar-refractivity contribution is -0.131. The van der Waals surface area contributed by atoms with Crippen LogP contribution in [-0.2, 0) is 4.79 Å². The predicted octanol–water partition coefficient (Wildman–Crippen LogP) is 1.17. The Morgan fingerprint density at radius 3 is 2.67 bits per heavy atom. The first-order valence-electron chi connectivity index (χ1n) is 8.14. The fourth-order valence-electron chi connectivity index (χ4n) is 2.69. The van der Waals surface area contributed by atoms with Gasteiger partial charge in [0.2, 0.25) is 11.9 Å². The van der Waals surface area contributed by atoms with Gasteiger partial charge in [-0.15, -0.1) is 5.10 Å². The number of aromatic nitrogens is 4. The lowest BCUT2D eigenvalue weighted by atomic mass is 10.0. The molecule has 1 saturated heterocycles. The van der Waals surface area contributed by atoms with E-state index < -0.39 is 0 Å². The Morgan fingerprint density at radius 1 is 1.17 bits per heavy atom. The van der Waals surface area contributed by atoms with Crippen molar-refractivity contribution in [3.8, 4) is 0 Å². The molecule has 0 saturated carbocycles. The summed E-state index contributed by atoms with van der Waals surface area (Å²) in [6.07, 6.45) is 7.27. The summed E-state index contributed by atoms with van der Waals surface area (Å²) in [7, 11) is 0. The van der Waals surface area contributed by atoms with Gasteiger partial charge in [0, 0.05) is 50.7 Å². The molecule has 2 N–H and O–H groups in total. The van der Waals surface area contributed by atoms with Crippen LogP contribution in [0.1, 0.15) is 19.3 Å². The van der Waals surface area contributed by atoms with Crippen molar-refractivity contribution in [3.63, 3.8) is 0 Å². The van der Waals surface area contributed by atoms with E-state index in [2.05, 4.69) is 30.8 Å². The molecule has 1 aliphatic heterocycles. The van der Waals surface area contributed by atoms with Crippen LogP contribution in [0, 0.1) is 0 Å². The van der Waals surface area contributed by atoms with E-state index >= 15 is 0 Å². The van der Waals surface area contributed by atoms with Crippen molar-refractivity contribution in [1.29, 1.82) is 0 Å². The SMILES string of the molecule is O=C(CCNc1ncccn1)N1CCC(Nc2cccnn2)CC1. The van der Waals surface area contributed by atoms with E-state index in [1.54, 1.807) is 24.7 Å².